The number of thiazole rings is 1. The monoisotopic (exact) mass is 664 g/mol. The Hall–Kier alpha value is -3.27. The molecule has 0 unspecified atom stereocenters. The van der Waals surface area contributed by atoms with Crippen molar-refractivity contribution >= 4 is 57.6 Å². The zero-order valence-corrected chi connectivity index (χ0v) is 24.6. The summed E-state index contributed by atoms with van der Waals surface area (Å²) >= 11 is 9.65. The molecule has 3 aromatic rings. The molecule has 1 aliphatic heterocycles. The predicted molar refractivity (Wildman–Crippen MR) is 154 cm³/mol. The van der Waals surface area contributed by atoms with Crippen molar-refractivity contribution in [3.05, 3.63) is 81.0 Å². The smallest absolute Gasteiger partial charge is 0.338 e. The number of carbonyl (C=O) groups is 1. The third-order valence-corrected chi connectivity index (χ3v) is 7.78. The number of allylic oxidation sites excluding steroid dienone is 1. The number of fused-ring (bicyclic) bond motifs is 1. The molecule has 1 atom stereocenters. The van der Waals surface area contributed by atoms with Crippen molar-refractivity contribution < 1.29 is 23.7 Å². The Morgan fingerprint density at radius 2 is 1.97 bits per heavy atom. The van der Waals surface area contributed by atoms with Crippen molar-refractivity contribution in [2.75, 3.05) is 27.9 Å². The molecule has 0 radical (unpaired) electrons. The summed E-state index contributed by atoms with van der Waals surface area (Å²) in [5.74, 6) is 3.31. The van der Waals surface area contributed by atoms with Crippen LogP contribution in [0.3, 0.4) is 0 Å². The lowest BCUT2D eigenvalue weighted by Gasteiger charge is -2.25. The van der Waals surface area contributed by atoms with Crippen LogP contribution in [0.25, 0.3) is 6.08 Å². The molecule has 2 heterocycles. The first kappa shape index (κ1) is 27.8. The summed E-state index contributed by atoms with van der Waals surface area (Å²) < 4.78 is 24.4. The number of terminal acetylenes is 1. The van der Waals surface area contributed by atoms with E-state index in [4.69, 9.17) is 37.0 Å². The van der Waals surface area contributed by atoms with Crippen molar-refractivity contribution in [2.45, 2.75) is 13.0 Å². The molecule has 1 aliphatic rings. The Balaban J connectivity index is 1.96. The van der Waals surface area contributed by atoms with Gasteiger partial charge in [0, 0.05) is 10.6 Å². The van der Waals surface area contributed by atoms with Gasteiger partial charge in [0.1, 0.15) is 18.4 Å². The van der Waals surface area contributed by atoms with Crippen LogP contribution < -0.4 is 29.1 Å². The highest BCUT2D eigenvalue weighted by atomic mass is 127. The highest BCUT2D eigenvalue weighted by Crippen LogP contribution is 2.37. The number of aromatic nitrogens is 1. The van der Waals surface area contributed by atoms with Crippen LogP contribution in [0, 0.1) is 15.9 Å². The highest BCUT2D eigenvalue weighted by Gasteiger charge is 2.35. The van der Waals surface area contributed by atoms with E-state index in [1.165, 1.54) is 37.2 Å². The van der Waals surface area contributed by atoms with Gasteiger partial charge >= 0.3 is 5.97 Å². The van der Waals surface area contributed by atoms with Crippen molar-refractivity contribution in [1.29, 1.82) is 0 Å². The molecule has 0 spiro atoms. The quantitative estimate of drug-likeness (QED) is 0.218. The molecule has 0 aliphatic carbocycles. The number of esters is 1. The lowest BCUT2D eigenvalue weighted by Crippen LogP contribution is -2.40. The summed E-state index contributed by atoms with van der Waals surface area (Å²) in [5.41, 5.74) is 1.57. The van der Waals surface area contributed by atoms with Crippen molar-refractivity contribution in [3.63, 3.8) is 0 Å². The van der Waals surface area contributed by atoms with Gasteiger partial charge in [-0.2, -0.15) is 0 Å². The molecular weight excluding hydrogens is 643 g/mol. The van der Waals surface area contributed by atoms with E-state index in [1.54, 1.807) is 37.3 Å². The number of methoxy groups -OCH3 is 3. The number of hydrogen-bond donors (Lipinski definition) is 0. The van der Waals surface area contributed by atoms with Crippen LogP contribution in [0.15, 0.2) is 51.4 Å². The maximum Gasteiger partial charge on any atom is 0.338 e. The van der Waals surface area contributed by atoms with E-state index < -0.39 is 12.0 Å². The molecule has 2 aromatic carbocycles. The molecule has 0 amide bonds. The van der Waals surface area contributed by atoms with Gasteiger partial charge in [-0.15, -0.1) is 6.42 Å². The lowest BCUT2D eigenvalue weighted by molar-refractivity contribution is -0.136. The minimum Gasteiger partial charge on any atom is -0.496 e. The summed E-state index contributed by atoms with van der Waals surface area (Å²) in [6, 6.07) is 7.80. The first-order valence-electron chi connectivity index (χ1n) is 11.1. The van der Waals surface area contributed by atoms with Gasteiger partial charge in [0.05, 0.1) is 40.7 Å². The molecule has 0 saturated heterocycles. The Labute approximate surface area is 241 Å². The van der Waals surface area contributed by atoms with Crippen LogP contribution in [0.5, 0.6) is 17.2 Å². The minimum atomic E-state index is -0.858. The summed E-state index contributed by atoms with van der Waals surface area (Å²) in [7, 11) is 4.32. The molecule has 196 valence electrons. The van der Waals surface area contributed by atoms with E-state index in [2.05, 4.69) is 33.5 Å². The second kappa shape index (κ2) is 11.6. The van der Waals surface area contributed by atoms with E-state index in [1.807, 2.05) is 6.07 Å². The van der Waals surface area contributed by atoms with Gasteiger partial charge in [-0.1, -0.05) is 28.9 Å². The number of halogens is 2. The third kappa shape index (κ3) is 5.18. The molecule has 4 rings (SSSR count). The maximum absolute atomic E-state index is 13.9. The summed E-state index contributed by atoms with van der Waals surface area (Å²) in [6.45, 7) is 1.80. The van der Waals surface area contributed by atoms with Crippen LogP contribution in [-0.2, 0) is 9.53 Å². The van der Waals surface area contributed by atoms with Gasteiger partial charge < -0.3 is 18.9 Å². The lowest BCUT2D eigenvalue weighted by atomic mass is 9.95. The Morgan fingerprint density at radius 3 is 2.63 bits per heavy atom. The van der Waals surface area contributed by atoms with Gasteiger partial charge in [0.15, 0.2) is 16.3 Å². The van der Waals surface area contributed by atoms with Gasteiger partial charge in [0.2, 0.25) is 0 Å². The van der Waals surface area contributed by atoms with Gasteiger partial charge in [-0.25, -0.2) is 9.79 Å². The third-order valence-electron chi connectivity index (χ3n) is 5.76. The predicted octanol–water partition coefficient (Wildman–Crippen LogP) is 3.70. The van der Waals surface area contributed by atoms with E-state index in [0.29, 0.717) is 48.4 Å². The number of rotatable bonds is 7. The molecule has 8 nitrogen and oxygen atoms in total. The van der Waals surface area contributed by atoms with Crippen molar-refractivity contribution in [3.8, 4) is 29.6 Å². The van der Waals surface area contributed by atoms with Crippen LogP contribution in [-0.4, -0.2) is 38.5 Å². The fraction of sp³-hybridized carbons (Fsp3) is 0.222. The molecule has 0 N–H and O–H groups in total. The molecule has 0 saturated carbocycles. The van der Waals surface area contributed by atoms with Gasteiger partial charge in [-0.3, -0.25) is 9.36 Å². The minimum absolute atomic E-state index is 0.0964. The molecule has 1 aromatic heterocycles. The highest BCUT2D eigenvalue weighted by molar-refractivity contribution is 14.1. The number of hydrogen-bond acceptors (Lipinski definition) is 8. The first-order valence-corrected chi connectivity index (χ1v) is 13.4. The van der Waals surface area contributed by atoms with Crippen molar-refractivity contribution in [2.24, 2.45) is 4.99 Å². The van der Waals surface area contributed by atoms with Crippen LogP contribution >= 0.6 is 45.5 Å². The van der Waals surface area contributed by atoms with E-state index in [0.717, 1.165) is 3.57 Å². The zero-order chi connectivity index (χ0) is 27.6. The number of ether oxygens (including phenoxy) is 4. The Bertz CT molecular complexity index is 1680. The van der Waals surface area contributed by atoms with Crippen molar-refractivity contribution in [1.82, 2.24) is 4.57 Å². The fourth-order valence-electron chi connectivity index (χ4n) is 4.13. The van der Waals surface area contributed by atoms with Gasteiger partial charge in [-0.05, 0) is 71.5 Å². The number of nitrogens with zero attached hydrogens (tertiary/aromatic N) is 2. The second-order valence-corrected chi connectivity index (χ2v) is 10.6. The van der Waals surface area contributed by atoms with E-state index in [-0.39, 0.29) is 17.7 Å². The topological polar surface area (TPSA) is 88.4 Å². The van der Waals surface area contributed by atoms with Crippen LogP contribution in [0.2, 0.25) is 5.02 Å². The standard InChI is InChI=1S/C27H22ClIN2O6S/c1-6-9-37-24-18(29)10-15(11-20(24)35-4)12-21-25(32)31-23(17-13-16(28)7-8-19(17)34-3)22(26(33)36-5)14(2)30-27(31)38-21/h1,7-8,10-13,23H,9H2,2-5H3/b21-12-/t23-/m1/s1. The zero-order valence-electron chi connectivity index (χ0n) is 20.8. The Kier molecular flexibility index (Phi) is 8.50. The molecular formula is C27H22ClIN2O6S. The molecule has 0 fully saturated rings. The second-order valence-electron chi connectivity index (χ2n) is 7.99. The first-order chi connectivity index (χ1) is 18.2. The molecule has 11 heteroatoms. The van der Waals surface area contributed by atoms with E-state index >= 15 is 0 Å². The Morgan fingerprint density at radius 1 is 1.24 bits per heavy atom. The fourth-order valence-corrected chi connectivity index (χ4v) is 6.14. The van der Waals surface area contributed by atoms with Gasteiger partial charge in [0.25, 0.3) is 5.56 Å². The SMILES string of the molecule is C#CCOc1c(I)cc(/C=c2\sc3n(c2=O)[C@H](c2cc(Cl)ccc2OC)C(C(=O)OC)=C(C)N=3)cc1OC. The average Bonchev–Trinajstić information content (AvgIpc) is 3.20. The van der Waals surface area contributed by atoms with E-state index in [9.17, 15) is 9.59 Å². The average molecular weight is 665 g/mol. The molecule has 0 bridgehead atoms. The normalized spacial score (nSPS) is 14.9. The van der Waals surface area contributed by atoms with Crippen LogP contribution in [0.4, 0.5) is 0 Å². The summed E-state index contributed by atoms with van der Waals surface area (Å²) in [5, 5.41) is 0.426. The maximum atomic E-state index is 13.9. The number of carbonyl (C=O) groups excluding carboxylic acids is 1. The molecule has 38 heavy (non-hydrogen) atoms. The summed E-state index contributed by atoms with van der Waals surface area (Å²) in [4.78, 5) is 31.8. The summed E-state index contributed by atoms with van der Waals surface area (Å²) in [6.07, 6.45) is 7.06. The van der Waals surface area contributed by atoms with Crippen LogP contribution in [0.1, 0.15) is 24.1 Å². The largest absolute Gasteiger partial charge is 0.496 e. The number of benzene rings is 2.